The number of hydrogen-bond acceptors (Lipinski definition) is 5. The van der Waals surface area contributed by atoms with Crippen molar-refractivity contribution in [2.45, 2.75) is 13.0 Å². The molecule has 1 aliphatic rings. The molecule has 0 saturated carbocycles. The van der Waals surface area contributed by atoms with Crippen molar-refractivity contribution in [3.63, 3.8) is 0 Å². The molecule has 0 radical (unpaired) electrons. The van der Waals surface area contributed by atoms with Crippen molar-refractivity contribution in [1.29, 1.82) is 0 Å². The first-order valence-electron chi connectivity index (χ1n) is 11.0. The van der Waals surface area contributed by atoms with Crippen molar-refractivity contribution in [3.8, 4) is 33.5 Å². The van der Waals surface area contributed by atoms with Gasteiger partial charge in [0.2, 0.25) is 5.95 Å². The zero-order valence-corrected chi connectivity index (χ0v) is 17.9. The van der Waals surface area contributed by atoms with Gasteiger partial charge in [-0.2, -0.15) is 0 Å². The number of pyridine rings is 2. The zero-order valence-electron chi connectivity index (χ0n) is 17.9. The molecule has 0 fully saturated rings. The molecule has 1 N–H and O–H groups in total. The molecule has 5 heteroatoms. The first-order chi connectivity index (χ1) is 16.3. The summed E-state index contributed by atoms with van der Waals surface area (Å²) in [4.78, 5) is 18.5. The average Bonchev–Trinajstić information content (AvgIpc) is 3.02. The summed E-state index contributed by atoms with van der Waals surface area (Å²) < 4.78 is 0. The molecular weight excluding hydrogens is 406 g/mol. The molecule has 5 aromatic rings. The predicted octanol–water partition coefficient (Wildman–Crippen LogP) is 5.78. The number of nitrogens with zero attached hydrogens (tertiary/aromatic N) is 4. The van der Waals surface area contributed by atoms with Crippen molar-refractivity contribution in [2.75, 3.05) is 5.32 Å². The van der Waals surface area contributed by atoms with Crippen LogP contribution in [0.3, 0.4) is 0 Å². The van der Waals surface area contributed by atoms with Gasteiger partial charge in [0.25, 0.3) is 0 Å². The van der Waals surface area contributed by atoms with Gasteiger partial charge in [-0.05, 0) is 52.1 Å². The van der Waals surface area contributed by atoms with Gasteiger partial charge in [-0.1, -0.05) is 48.5 Å². The number of fused-ring (bicyclic) bond motifs is 5. The second-order valence-electron chi connectivity index (χ2n) is 8.08. The van der Waals surface area contributed by atoms with Crippen LogP contribution in [0.15, 0.2) is 97.6 Å². The fourth-order valence-corrected chi connectivity index (χ4v) is 4.35. The average molecular weight is 428 g/mol. The summed E-state index contributed by atoms with van der Waals surface area (Å²) >= 11 is 0. The van der Waals surface area contributed by atoms with Crippen LogP contribution in [-0.4, -0.2) is 19.9 Å². The second-order valence-corrected chi connectivity index (χ2v) is 8.08. The van der Waals surface area contributed by atoms with E-state index in [4.69, 9.17) is 4.98 Å². The number of hydrogen-bond donors (Lipinski definition) is 1. The highest BCUT2D eigenvalue weighted by atomic mass is 15.1. The zero-order chi connectivity index (χ0) is 22.0. The van der Waals surface area contributed by atoms with Gasteiger partial charge in [0.05, 0.1) is 11.4 Å². The fraction of sp³-hybridized carbons (Fsp3) is 0.0714. The minimum atomic E-state index is 0.603. The fourth-order valence-electron chi connectivity index (χ4n) is 4.35. The van der Waals surface area contributed by atoms with E-state index in [9.17, 15) is 0 Å². The Bertz CT molecular complexity index is 1450. The summed E-state index contributed by atoms with van der Waals surface area (Å²) in [6, 6.07) is 25.0. The molecule has 6 rings (SSSR count). The van der Waals surface area contributed by atoms with E-state index in [1.165, 1.54) is 16.7 Å². The Morgan fingerprint density at radius 3 is 2.58 bits per heavy atom. The minimum Gasteiger partial charge on any atom is -0.350 e. The molecule has 5 nitrogen and oxygen atoms in total. The topological polar surface area (TPSA) is 63.6 Å². The van der Waals surface area contributed by atoms with Gasteiger partial charge in [-0.15, -0.1) is 0 Å². The van der Waals surface area contributed by atoms with E-state index in [2.05, 4.69) is 74.9 Å². The summed E-state index contributed by atoms with van der Waals surface area (Å²) in [5.74, 6) is 0.603. The van der Waals surface area contributed by atoms with E-state index in [1.54, 1.807) is 0 Å². The van der Waals surface area contributed by atoms with Gasteiger partial charge in [-0.25, -0.2) is 9.97 Å². The molecular formula is C28H21N5. The first kappa shape index (κ1) is 19.3. The van der Waals surface area contributed by atoms with Crippen LogP contribution in [-0.2, 0) is 13.0 Å². The molecule has 2 aromatic carbocycles. The van der Waals surface area contributed by atoms with E-state index in [-0.39, 0.29) is 0 Å². The van der Waals surface area contributed by atoms with E-state index < -0.39 is 0 Å². The predicted molar refractivity (Wildman–Crippen MR) is 131 cm³/mol. The monoisotopic (exact) mass is 427 g/mol. The highest BCUT2D eigenvalue weighted by molar-refractivity contribution is 5.85. The van der Waals surface area contributed by atoms with Gasteiger partial charge in [0.15, 0.2) is 0 Å². The molecule has 3 aromatic heterocycles. The molecule has 0 amide bonds. The maximum atomic E-state index is 4.93. The van der Waals surface area contributed by atoms with Crippen molar-refractivity contribution < 1.29 is 0 Å². The van der Waals surface area contributed by atoms with Crippen LogP contribution < -0.4 is 5.32 Å². The van der Waals surface area contributed by atoms with Gasteiger partial charge in [-0.3, -0.25) is 9.97 Å². The van der Waals surface area contributed by atoms with Crippen LogP contribution in [0.4, 0.5) is 5.95 Å². The van der Waals surface area contributed by atoms with Gasteiger partial charge in [0.1, 0.15) is 0 Å². The highest BCUT2D eigenvalue weighted by Gasteiger charge is 2.22. The van der Waals surface area contributed by atoms with Crippen LogP contribution in [0.2, 0.25) is 0 Å². The Morgan fingerprint density at radius 2 is 1.64 bits per heavy atom. The Morgan fingerprint density at radius 1 is 0.727 bits per heavy atom. The number of rotatable bonds is 4. The largest absolute Gasteiger partial charge is 0.350 e. The van der Waals surface area contributed by atoms with Crippen molar-refractivity contribution in [2.24, 2.45) is 0 Å². The summed E-state index contributed by atoms with van der Waals surface area (Å²) in [5.41, 5.74) is 9.79. The lowest BCUT2D eigenvalue weighted by Crippen LogP contribution is -2.05. The molecule has 1 aliphatic carbocycles. The third-order valence-corrected chi connectivity index (χ3v) is 5.97. The first-order valence-corrected chi connectivity index (χ1v) is 11.0. The van der Waals surface area contributed by atoms with Crippen LogP contribution >= 0.6 is 0 Å². The molecule has 0 bridgehead atoms. The summed E-state index contributed by atoms with van der Waals surface area (Å²) in [5, 5.41) is 3.41. The quantitative estimate of drug-likeness (QED) is 0.386. The molecule has 33 heavy (non-hydrogen) atoms. The van der Waals surface area contributed by atoms with Crippen molar-refractivity contribution in [1.82, 2.24) is 19.9 Å². The Hall–Kier alpha value is -4.38. The van der Waals surface area contributed by atoms with Crippen molar-refractivity contribution >= 4 is 5.95 Å². The molecule has 0 saturated heterocycles. The highest BCUT2D eigenvalue weighted by Crippen LogP contribution is 2.38. The lowest BCUT2D eigenvalue weighted by molar-refractivity contribution is 1.05. The maximum Gasteiger partial charge on any atom is 0.223 e. The Kier molecular flexibility index (Phi) is 4.85. The molecule has 0 spiro atoms. The number of anilines is 1. The van der Waals surface area contributed by atoms with Crippen molar-refractivity contribution in [3.05, 3.63) is 114 Å². The van der Waals surface area contributed by atoms with Gasteiger partial charge >= 0.3 is 0 Å². The normalized spacial score (nSPS) is 11.6. The van der Waals surface area contributed by atoms with E-state index in [0.717, 1.165) is 40.1 Å². The standard InChI is InChI=1S/C28H21N5/c1-2-7-20(8-3-1)21-9-4-6-19(14-21)16-31-28-32-18-25-23-11-13-29-17-22(23)15-26-24(27(25)33-28)10-5-12-30-26/h1-14,17-18H,15-16H2,(H,31,32,33). The van der Waals surface area contributed by atoms with E-state index in [1.807, 2.05) is 43.0 Å². The van der Waals surface area contributed by atoms with Crippen LogP contribution in [0.1, 0.15) is 16.8 Å². The van der Waals surface area contributed by atoms with E-state index in [0.29, 0.717) is 12.5 Å². The molecule has 3 heterocycles. The smallest absolute Gasteiger partial charge is 0.223 e. The second kappa shape index (κ2) is 8.28. The summed E-state index contributed by atoms with van der Waals surface area (Å²) in [6.45, 7) is 0.639. The molecule has 0 atom stereocenters. The third kappa shape index (κ3) is 3.74. The minimum absolute atomic E-state index is 0.603. The van der Waals surface area contributed by atoms with Gasteiger partial charge < -0.3 is 5.32 Å². The molecule has 0 aliphatic heterocycles. The van der Waals surface area contributed by atoms with Crippen LogP contribution in [0, 0.1) is 0 Å². The van der Waals surface area contributed by atoms with Gasteiger partial charge in [0, 0.05) is 48.9 Å². The van der Waals surface area contributed by atoms with Crippen LogP contribution in [0.25, 0.3) is 33.5 Å². The molecule has 0 unspecified atom stereocenters. The maximum absolute atomic E-state index is 4.93. The summed E-state index contributed by atoms with van der Waals surface area (Å²) in [7, 11) is 0. The lowest BCUT2D eigenvalue weighted by Gasteiger charge is -2.12. The molecule has 158 valence electrons. The number of benzene rings is 2. The van der Waals surface area contributed by atoms with Crippen LogP contribution in [0.5, 0.6) is 0 Å². The summed E-state index contributed by atoms with van der Waals surface area (Å²) in [6.07, 6.45) is 8.20. The number of nitrogens with one attached hydrogen (secondary N) is 1. The number of aromatic nitrogens is 4. The van der Waals surface area contributed by atoms with E-state index >= 15 is 0 Å². The Labute approximate surface area is 192 Å². The third-order valence-electron chi connectivity index (χ3n) is 5.97. The SMILES string of the molecule is c1ccc(-c2cccc(CNc3ncc4c(n3)-c3cccnc3Cc3cnccc3-4)c2)cc1. The lowest BCUT2D eigenvalue weighted by atomic mass is 10.0. The Balaban J connectivity index is 1.33.